The van der Waals surface area contributed by atoms with E-state index in [1.54, 1.807) is 0 Å². The van der Waals surface area contributed by atoms with Crippen molar-refractivity contribution in [2.45, 2.75) is 20.3 Å². The first kappa shape index (κ1) is 10.4. The SMILES string of the molecule is Cc1cc(C)cc(CCS(=O)[O-])c1. The summed E-state index contributed by atoms with van der Waals surface area (Å²) in [5, 5.41) is 0. The van der Waals surface area contributed by atoms with Crippen molar-refractivity contribution < 1.29 is 8.76 Å². The van der Waals surface area contributed by atoms with E-state index in [0.717, 1.165) is 5.56 Å². The zero-order chi connectivity index (χ0) is 9.84. The van der Waals surface area contributed by atoms with Gasteiger partial charge in [-0.1, -0.05) is 40.4 Å². The average molecular weight is 197 g/mol. The Morgan fingerprint density at radius 2 is 1.77 bits per heavy atom. The predicted octanol–water partition coefficient (Wildman–Crippen LogP) is 1.73. The largest absolute Gasteiger partial charge is 0.772 e. The van der Waals surface area contributed by atoms with E-state index in [4.69, 9.17) is 0 Å². The second kappa shape index (κ2) is 4.53. The molecular weight excluding hydrogens is 184 g/mol. The summed E-state index contributed by atoms with van der Waals surface area (Å²) in [5.74, 6) is 0.211. The fourth-order valence-electron chi connectivity index (χ4n) is 1.41. The number of hydrogen-bond acceptors (Lipinski definition) is 2. The fourth-order valence-corrected chi connectivity index (χ4v) is 1.82. The Labute approximate surface area is 81.3 Å². The van der Waals surface area contributed by atoms with Crippen molar-refractivity contribution in [3.8, 4) is 0 Å². The summed E-state index contributed by atoms with van der Waals surface area (Å²) in [4.78, 5) is 0. The van der Waals surface area contributed by atoms with E-state index in [1.165, 1.54) is 11.1 Å². The highest BCUT2D eigenvalue weighted by atomic mass is 32.2. The quantitative estimate of drug-likeness (QED) is 0.692. The van der Waals surface area contributed by atoms with Gasteiger partial charge in [-0.25, -0.2) is 0 Å². The molecule has 0 amide bonds. The maximum absolute atomic E-state index is 10.3. The van der Waals surface area contributed by atoms with Crippen molar-refractivity contribution in [2.75, 3.05) is 5.75 Å². The van der Waals surface area contributed by atoms with Gasteiger partial charge in [-0.15, -0.1) is 0 Å². The van der Waals surface area contributed by atoms with Crippen LogP contribution in [0.25, 0.3) is 0 Å². The lowest BCUT2D eigenvalue weighted by atomic mass is 10.1. The highest BCUT2D eigenvalue weighted by Gasteiger charge is 1.95. The maximum Gasteiger partial charge on any atom is 0.0142 e. The standard InChI is InChI=1S/C10H14O2S/c1-8-5-9(2)7-10(6-8)3-4-13(11)12/h5-7H,3-4H2,1-2H3,(H,11,12)/p-1. The van der Waals surface area contributed by atoms with Gasteiger partial charge in [0.1, 0.15) is 0 Å². The third-order valence-electron chi connectivity index (χ3n) is 1.84. The third-order valence-corrected chi connectivity index (χ3v) is 2.38. The Morgan fingerprint density at radius 3 is 2.23 bits per heavy atom. The molecule has 0 spiro atoms. The molecule has 0 heterocycles. The van der Waals surface area contributed by atoms with Crippen LogP contribution in [-0.4, -0.2) is 14.5 Å². The average Bonchev–Trinajstić information content (AvgIpc) is 1.99. The fraction of sp³-hybridized carbons (Fsp3) is 0.400. The van der Waals surface area contributed by atoms with Crippen LogP contribution in [-0.2, 0) is 17.5 Å². The summed E-state index contributed by atoms with van der Waals surface area (Å²) >= 11 is -1.93. The molecule has 0 N–H and O–H groups in total. The molecule has 1 unspecified atom stereocenters. The van der Waals surface area contributed by atoms with Gasteiger partial charge in [-0.2, -0.15) is 0 Å². The summed E-state index contributed by atoms with van der Waals surface area (Å²) in [6, 6.07) is 6.14. The number of aryl methyl sites for hydroxylation is 3. The lowest BCUT2D eigenvalue weighted by Gasteiger charge is -2.06. The molecule has 0 saturated heterocycles. The van der Waals surface area contributed by atoms with Gasteiger partial charge >= 0.3 is 0 Å². The molecule has 13 heavy (non-hydrogen) atoms. The Morgan fingerprint density at radius 1 is 1.23 bits per heavy atom. The van der Waals surface area contributed by atoms with E-state index < -0.39 is 11.1 Å². The highest BCUT2D eigenvalue weighted by molar-refractivity contribution is 7.79. The number of hydrogen-bond donors (Lipinski definition) is 0. The van der Waals surface area contributed by atoms with E-state index in [-0.39, 0.29) is 5.75 Å². The number of benzene rings is 1. The van der Waals surface area contributed by atoms with Gasteiger partial charge in [-0.3, -0.25) is 4.21 Å². The first-order chi connectivity index (χ1) is 6.08. The third kappa shape index (κ3) is 3.70. The van der Waals surface area contributed by atoms with Crippen molar-refractivity contribution in [2.24, 2.45) is 0 Å². The molecule has 0 bridgehead atoms. The van der Waals surface area contributed by atoms with Crippen LogP contribution >= 0.6 is 0 Å². The molecule has 1 atom stereocenters. The summed E-state index contributed by atoms with van der Waals surface area (Å²) in [7, 11) is 0. The first-order valence-electron chi connectivity index (χ1n) is 4.21. The van der Waals surface area contributed by atoms with Gasteiger partial charge in [0.05, 0.1) is 0 Å². The zero-order valence-corrected chi connectivity index (χ0v) is 8.69. The van der Waals surface area contributed by atoms with Crippen molar-refractivity contribution in [1.29, 1.82) is 0 Å². The summed E-state index contributed by atoms with van der Waals surface area (Å²) in [6.45, 7) is 4.04. The lowest BCUT2D eigenvalue weighted by Crippen LogP contribution is -1.99. The van der Waals surface area contributed by atoms with Gasteiger partial charge in [0, 0.05) is 5.75 Å². The molecule has 0 fully saturated rings. The first-order valence-corrected chi connectivity index (χ1v) is 5.45. The van der Waals surface area contributed by atoms with Crippen LogP contribution in [0.15, 0.2) is 18.2 Å². The van der Waals surface area contributed by atoms with Crippen LogP contribution in [0.1, 0.15) is 16.7 Å². The minimum Gasteiger partial charge on any atom is -0.772 e. The molecule has 0 aromatic heterocycles. The second-order valence-corrected chi connectivity index (χ2v) is 4.27. The van der Waals surface area contributed by atoms with Crippen LogP contribution in [0.3, 0.4) is 0 Å². The van der Waals surface area contributed by atoms with Crippen molar-refractivity contribution >= 4 is 11.1 Å². The molecule has 3 heteroatoms. The van der Waals surface area contributed by atoms with Gasteiger partial charge in [0.15, 0.2) is 0 Å². The predicted molar refractivity (Wildman–Crippen MR) is 53.4 cm³/mol. The van der Waals surface area contributed by atoms with Crippen molar-refractivity contribution in [1.82, 2.24) is 0 Å². The van der Waals surface area contributed by atoms with Crippen molar-refractivity contribution in [3.63, 3.8) is 0 Å². The van der Waals surface area contributed by atoms with Gasteiger partial charge in [0.2, 0.25) is 0 Å². The van der Waals surface area contributed by atoms with Gasteiger partial charge in [-0.05, 0) is 25.8 Å². The van der Waals surface area contributed by atoms with E-state index in [1.807, 2.05) is 26.0 Å². The van der Waals surface area contributed by atoms with E-state index in [2.05, 4.69) is 6.07 Å². The Hall–Kier alpha value is -0.670. The highest BCUT2D eigenvalue weighted by Crippen LogP contribution is 2.09. The number of rotatable bonds is 3. The van der Waals surface area contributed by atoms with Crippen LogP contribution in [0, 0.1) is 13.8 Å². The molecule has 2 nitrogen and oxygen atoms in total. The van der Waals surface area contributed by atoms with E-state index in [9.17, 15) is 8.76 Å². The normalized spacial score (nSPS) is 12.8. The van der Waals surface area contributed by atoms with Crippen molar-refractivity contribution in [3.05, 3.63) is 34.9 Å². The van der Waals surface area contributed by atoms with E-state index >= 15 is 0 Å². The molecule has 0 aliphatic heterocycles. The smallest absolute Gasteiger partial charge is 0.0142 e. The minimum absolute atomic E-state index is 0.211. The van der Waals surface area contributed by atoms with Crippen LogP contribution in [0.2, 0.25) is 0 Å². The Bertz CT molecular complexity index is 300. The summed E-state index contributed by atoms with van der Waals surface area (Å²) < 4.78 is 20.7. The molecule has 1 rings (SSSR count). The molecule has 72 valence electrons. The zero-order valence-electron chi connectivity index (χ0n) is 7.87. The Balaban J connectivity index is 2.71. The maximum atomic E-state index is 10.3. The van der Waals surface area contributed by atoms with Gasteiger partial charge < -0.3 is 4.55 Å². The topological polar surface area (TPSA) is 40.1 Å². The molecular formula is C10H13O2S-. The van der Waals surface area contributed by atoms with E-state index in [0.29, 0.717) is 6.42 Å². The monoisotopic (exact) mass is 197 g/mol. The summed E-state index contributed by atoms with van der Waals surface area (Å²) in [5.41, 5.74) is 3.47. The van der Waals surface area contributed by atoms with Gasteiger partial charge in [0.25, 0.3) is 0 Å². The lowest BCUT2D eigenvalue weighted by molar-refractivity contribution is 0.536. The Kier molecular flexibility index (Phi) is 3.63. The molecule has 0 radical (unpaired) electrons. The molecule has 1 aromatic rings. The molecule has 0 aliphatic carbocycles. The minimum atomic E-state index is -1.93. The van der Waals surface area contributed by atoms with Crippen LogP contribution in [0.5, 0.6) is 0 Å². The summed E-state index contributed by atoms with van der Waals surface area (Å²) in [6.07, 6.45) is 0.610. The van der Waals surface area contributed by atoms with Crippen LogP contribution < -0.4 is 0 Å². The second-order valence-electron chi connectivity index (χ2n) is 3.25. The molecule has 0 aliphatic rings. The molecule has 0 saturated carbocycles. The van der Waals surface area contributed by atoms with Crippen LogP contribution in [0.4, 0.5) is 0 Å². The molecule has 1 aromatic carbocycles.